The third kappa shape index (κ3) is 3.78. The summed E-state index contributed by atoms with van der Waals surface area (Å²) < 4.78 is 20.8. The molecule has 9 heteroatoms. The lowest BCUT2D eigenvalue weighted by molar-refractivity contribution is -0.145. The highest BCUT2D eigenvalue weighted by Gasteiger charge is 2.76. The fourth-order valence-corrected chi connectivity index (χ4v) is 5.70. The second-order valence-electron chi connectivity index (χ2n) is 10.9. The van der Waals surface area contributed by atoms with Gasteiger partial charge < -0.3 is 20.3 Å². The summed E-state index contributed by atoms with van der Waals surface area (Å²) in [5.74, 6) is -3.76. The first-order valence-electron chi connectivity index (χ1n) is 11.9. The van der Waals surface area contributed by atoms with Crippen LogP contribution in [0.2, 0.25) is 0 Å². The third-order valence-corrected chi connectivity index (χ3v) is 7.03. The molecular weight excluding hydrogens is 463 g/mol. The maximum atomic E-state index is 14.3. The molecule has 8 nitrogen and oxygen atoms in total. The van der Waals surface area contributed by atoms with Gasteiger partial charge in [0.1, 0.15) is 17.5 Å². The van der Waals surface area contributed by atoms with Crippen LogP contribution in [0.3, 0.4) is 0 Å². The van der Waals surface area contributed by atoms with E-state index in [9.17, 15) is 18.8 Å². The minimum absolute atomic E-state index is 0.0200. The van der Waals surface area contributed by atoms with Gasteiger partial charge in [0.05, 0.1) is 23.1 Å². The summed E-state index contributed by atoms with van der Waals surface area (Å²) in [5, 5.41) is 5.61. The number of hydrogen-bond acceptors (Lipinski definition) is 5. The maximum Gasteiger partial charge on any atom is 0.246 e. The minimum Gasteiger partial charge on any atom is -0.356 e. The number of nitrogens with one attached hydrogen (secondary N) is 2. The molecular formula is C27H29FN4O4. The average Bonchev–Trinajstić information content (AvgIpc) is 3.36. The van der Waals surface area contributed by atoms with E-state index < -0.39 is 46.3 Å². The average molecular weight is 493 g/mol. The van der Waals surface area contributed by atoms with Crippen molar-refractivity contribution in [2.45, 2.75) is 57.0 Å². The van der Waals surface area contributed by atoms with E-state index in [4.69, 9.17) is 4.74 Å². The number of rotatable bonds is 5. The summed E-state index contributed by atoms with van der Waals surface area (Å²) in [6.07, 6.45) is 6.76. The third-order valence-electron chi connectivity index (χ3n) is 7.03. The smallest absolute Gasteiger partial charge is 0.246 e. The van der Waals surface area contributed by atoms with Gasteiger partial charge >= 0.3 is 0 Å². The van der Waals surface area contributed by atoms with Crippen molar-refractivity contribution in [3.8, 4) is 0 Å². The number of para-hydroxylation sites is 1. The predicted molar refractivity (Wildman–Crippen MR) is 130 cm³/mol. The number of anilines is 1. The van der Waals surface area contributed by atoms with Crippen LogP contribution in [0.25, 0.3) is 0 Å². The minimum atomic E-state index is -1.33. The highest BCUT2D eigenvalue weighted by Crippen LogP contribution is 2.60. The van der Waals surface area contributed by atoms with Gasteiger partial charge in [-0.05, 0) is 51.5 Å². The predicted octanol–water partition coefficient (Wildman–Crippen LogP) is 2.81. The Bertz CT molecular complexity index is 1260. The normalized spacial score (nSPS) is 30.4. The SMILES string of the molecule is CC(C)(C)NC(=O)[C@@H]1N(Cc2cccnc2)C(=O)[C@H]2[C@@H](C(=O)Nc3ccccc3F)[C@@]3(C)C=C[C@@]12O3. The molecule has 188 valence electrons. The van der Waals surface area contributed by atoms with Crippen molar-refractivity contribution in [3.05, 3.63) is 72.3 Å². The number of carbonyl (C=O) groups excluding carboxylic acids is 3. The molecule has 3 aliphatic rings. The number of amides is 3. The van der Waals surface area contributed by atoms with Crippen LogP contribution in [-0.4, -0.2) is 50.4 Å². The molecule has 1 aromatic heterocycles. The first-order chi connectivity index (χ1) is 17.0. The van der Waals surface area contributed by atoms with Crippen LogP contribution in [0.1, 0.15) is 33.3 Å². The molecule has 5 atom stereocenters. The number of pyridine rings is 1. The molecule has 2 N–H and O–H groups in total. The van der Waals surface area contributed by atoms with Crippen LogP contribution in [0, 0.1) is 17.7 Å². The Labute approximate surface area is 208 Å². The number of likely N-dealkylation sites (tertiary alicyclic amines) is 1. The highest BCUT2D eigenvalue weighted by atomic mass is 19.1. The molecule has 1 spiro atoms. The highest BCUT2D eigenvalue weighted by molar-refractivity contribution is 6.03. The Hall–Kier alpha value is -3.59. The van der Waals surface area contributed by atoms with E-state index in [1.807, 2.05) is 26.8 Å². The summed E-state index contributed by atoms with van der Waals surface area (Å²) in [5.41, 5.74) is -2.25. The molecule has 2 aromatic rings. The largest absolute Gasteiger partial charge is 0.356 e. The number of benzene rings is 1. The van der Waals surface area contributed by atoms with Crippen molar-refractivity contribution >= 4 is 23.4 Å². The zero-order valence-corrected chi connectivity index (χ0v) is 20.6. The molecule has 3 aliphatic heterocycles. The van der Waals surface area contributed by atoms with E-state index in [0.717, 1.165) is 5.56 Å². The van der Waals surface area contributed by atoms with Crippen LogP contribution in [-0.2, 0) is 25.7 Å². The molecule has 0 radical (unpaired) electrons. The number of hydrogen-bond donors (Lipinski definition) is 2. The summed E-state index contributed by atoms with van der Waals surface area (Å²) >= 11 is 0. The summed E-state index contributed by atoms with van der Waals surface area (Å²) in [6, 6.07) is 8.43. The van der Waals surface area contributed by atoms with Gasteiger partial charge in [-0.2, -0.15) is 0 Å². The number of ether oxygens (including phenoxy) is 1. The lowest BCUT2D eigenvalue weighted by Crippen LogP contribution is -2.57. The lowest BCUT2D eigenvalue weighted by atomic mass is 9.70. The number of halogens is 1. The van der Waals surface area contributed by atoms with Crippen LogP contribution in [0.4, 0.5) is 10.1 Å². The number of aromatic nitrogens is 1. The Kier molecular flexibility index (Phi) is 5.51. The summed E-state index contributed by atoms with van der Waals surface area (Å²) in [4.78, 5) is 46.8. The Morgan fingerprint density at radius 2 is 1.89 bits per heavy atom. The monoisotopic (exact) mass is 492 g/mol. The molecule has 2 bridgehead atoms. The second-order valence-corrected chi connectivity index (χ2v) is 10.9. The van der Waals surface area contributed by atoms with Crippen LogP contribution < -0.4 is 10.6 Å². The Morgan fingerprint density at radius 3 is 2.56 bits per heavy atom. The quantitative estimate of drug-likeness (QED) is 0.626. The standard InChI is InChI=1S/C27H29FN4O4/c1-25(2,3)31-23(34)21-27-12-11-26(4,36-27)19(22(33)30-18-10-6-5-9-17(18)28)20(27)24(35)32(21)15-16-8-7-13-29-14-16/h5-14,19-21H,15H2,1-4H3,(H,30,33)(H,31,34)/t19-,20+,21-,26+,27-/m0/s1. The topological polar surface area (TPSA) is 101 Å². The van der Waals surface area contributed by atoms with Crippen molar-refractivity contribution in [1.29, 1.82) is 0 Å². The van der Waals surface area contributed by atoms with Crippen molar-refractivity contribution in [3.63, 3.8) is 0 Å². The van der Waals surface area contributed by atoms with Gasteiger partial charge in [-0.25, -0.2) is 4.39 Å². The van der Waals surface area contributed by atoms with Gasteiger partial charge in [0.15, 0.2) is 0 Å². The van der Waals surface area contributed by atoms with Crippen molar-refractivity contribution in [2.24, 2.45) is 11.8 Å². The van der Waals surface area contributed by atoms with E-state index in [1.165, 1.54) is 23.1 Å². The molecule has 2 saturated heterocycles. The summed E-state index contributed by atoms with van der Waals surface area (Å²) in [7, 11) is 0. The molecule has 3 amide bonds. The van der Waals surface area contributed by atoms with Gasteiger partial charge in [0.2, 0.25) is 17.7 Å². The molecule has 0 unspecified atom stereocenters. The van der Waals surface area contributed by atoms with Crippen LogP contribution in [0.15, 0.2) is 60.9 Å². The zero-order chi connectivity index (χ0) is 25.9. The van der Waals surface area contributed by atoms with E-state index >= 15 is 0 Å². The zero-order valence-electron chi connectivity index (χ0n) is 20.6. The van der Waals surface area contributed by atoms with Gasteiger partial charge in [-0.15, -0.1) is 0 Å². The van der Waals surface area contributed by atoms with Gasteiger partial charge in [-0.1, -0.05) is 30.4 Å². The molecule has 1 aromatic carbocycles. The van der Waals surface area contributed by atoms with E-state index in [-0.39, 0.29) is 24.0 Å². The van der Waals surface area contributed by atoms with E-state index in [2.05, 4.69) is 15.6 Å². The molecule has 0 saturated carbocycles. The van der Waals surface area contributed by atoms with E-state index in [1.54, 1.807) is 43.6 Å². The lowest BCUT2D eigenvalue weighted by Gasteiger charge is -2.35. The first-order valence-corrected chi connectivity index (χ1v) is 11.9. The van der Waals surface area contributed by atoms with Crippen LogP contribution >= 0.6 is 0 Å². The van der Waals surface area contributed by atoms with Crippen LogP contribution in [0.5, 0.6) is 0 Å². The second kappa shape index (κ2) is 8.23. The van der Waals surface area contributed by atoms with Gasteiger partial charge in [0, 0.05) is 24.5 Å². The van der Waals surface area contributed by atoms with Crippen molar-refractivity contribution in [2.75, 3.05) is 5.32 Å². The molecule has 0 aliphatic carbocycles. The van der Waals surface area contributed by atoms with E-state index in [0.29, 0.717) is 0 Å². The molecule has 2 fully saturated rings. The van der Waals surface area contributed by atoms with Gasteiger partial charge in [-0.3, -0.25) is 19.4 Å². The Morgan fingerprint density at radius 1 is 1.14 bits per heavy atom. The summed E-state index contributed by atoms with van der Waals surface area (Å²) in [6.45, 7) is 7.42. The molecule has 36 heavy (non-hydrogen) atoms. The first kappa shape index (κ1) is 24.1. The maximum absolute atomic E-state index is 14.3. The van der Waals surface area contributed by atoms with Crippen molar-refractivity contribution < 1.29 is 23.5 Å². The fourth-order valence-electron chi connectivity index (χ4n) is 5.70. The Balaban J connectivity index is 1.55. The number of carbonyl (C=O) groups is 3. The number of fused-ring (bicyclic) bond motifs is 1. The number of nitrogens with zero attached hydrogens (tertiary/aromatic N) is 2. The molecule has 5 rings (SSSR count). The van der Waals surface area contributed by atoms with Gasteiger partial charge in [0.25, 0.3) is 0 Å². The van der Waals surface area contributed by atoms with Crippen molar-refractivity contribution in [1.82, 2.24) is 15.2 Å². The fraction of sp³-hybridized carbons (Fsp3) is 0.407. The molecule has 4 heterocycles.